The Morgan fingerprint density at radius 3 is 2.91 bits per heavy atom. The first-order valence-corrected chi connectivity index (χ1v) is 7.66. The highest BCUT2D eigenvalue weighted by atomic mass is 19.1. The third kappa shape index (κ3) is 2.32. The van der Waals surface area contributed by atoms with Crippen molar-refractivity contribution >= 4 is 11.5 Å². The number of imidazole rings is 1. The minimum atomic E-state index is -0.250. The maximum atomic E-state index is 13.6. The van der Waals surface area contributed by atoms with Crippen molar-refractivity contribution in [2.75, 3.05) is 5.32 Å². The van der Waals surface area contributed by atoms with E-state index in [4.69, 9.17) is 0 Å². The SMILES string of the molecule is Fc1cccc(-c2nc3cnccn3c2NC2CCCC2)c1. The van der Waals surface area contributed by atoms with Gasteiger partial charge in [0, 0.05) is 24.0 Å². The molecule has 4 rings (SSSR count). The van der Waals surface area contributed by atoms with Crippen molar-refractivity contribution in [2.24, 2.45) is 0 Å². The fourth-order valence-electron chi connectivity index (χ4n) is 3.15. The predicted octanol–water partition coefficient (Wildman–Crippen LogP) is 3.89. The molecule has 0 spiro atoms. The third-order valence-corrected chi connectivity index (χ3v) is 4.22. The van der Waals surface area contributed by atoms with Crippen LogP contribution >= 0.6 is 0 Å². The molecule has 1 aliphatic rings. The van der Waals surface area contributed by atoms with E-state index >= 15 is 0 Å². The van der Waals surface area contributed by atoms with Crippen molar-refractivity contribution in [1.29, 1.82) is 0 Å². The fraction of sp³-hybridized carbons (Fsp3) is 0.294. The van der Waals surface area contributed by atoms with Crippen LogP contribution in [0.15, 0.2) is 42.9 Å². The molecular weight excluding hydrogens is 279 g/mol. The molecule has 1 aromatic carbocycles. The van der Waals surface area contributed by atoms with Crippen molar-refractivity contribution in [3.05, 3.63) is 48.7 Å². The number of nitrogens with one attached hydrogen (secondary N) is 1. The van der Waals surface area contributed by atoms with Crippen LogP contribution in [-0.2, 0) is 0 Å². The van der Waals surface area contributed by atoms with Gasteiger partial charge in [0.05, 0.1) is 6.20 Å². The number of nitrogens with zero attached hydrogens (tertiary/aromatic N) is 3. The smallest absolute Gasteiger partial charge is 0.157 e. The predicted molar refractivity (Wildman–Crippen MR) is 84.3 cm³/mol. The van der Waals surface area contributed by atoms with Crippen LogP contribution in [0.1, 0.15) is 25.7 Å². The summed E-state index contributed by atoms with van der Waals surface area (Å²) in [7, 11) is 0. The molecule has 0 saturated heterocycles. The summed E-state index contributed by atoms with van der Waals surface area (Å²) >= 11 is 0. The van der Waals surface area contributed by atoms with Crippen molar-refractivity contribution in [3.63, 3.8) is 0 Å². The monoisotopic (exact) mass is 296 g/mol. The Labute approximate surface area is 128 Å². The molecule has 112 valence electrons. The standard InChI is InChI=1S/C17H17FN4/c18-13-5-3-4-12(10-13)16-17(20-14-6-1-2-7-14)22-9-8-19-11-15(22)21-16/h3-5,8-11,14,20H,1-2,6-7H2. The zero-order valence-electron chi connectivity index (χ0n) is 12.2. The molecule has 1 saturated carbocycles. The fourth-order valence-corrected chi connectivity index (χ4v) is 3.15. The van der Waals surface area contributed by atoms with Gasteiger partial charge in [-0.05, 0) is 25.0 Å². The number of aromatic nitrogens is 3. The minimum Gasteiger partial charge on any atom is -0.367 e. The number of rotatable bonds is 3. The zero-order valence-corrected chi connectivity index (χ0v) is 12.2. The van der Waals surface area contributed by atoms with Crippen molar-refractivity contribution < 1.29 is 4.39 Å². The highest BCUT2D eigenvalue weighted by molar-refractivity contribution is 5.76. The number of hydrogen-bond acceptors (Lipinski definition) is 3. The molecule has 1 fully saturated rings. The summed E-state index contributed by atoms with van der Waals surface area (Å²) in [6.45, 7) is 0. The Bertz CT molecular complexity index is 805. The van der Waals surface area contributed by atoms with Gasteiger partial charge in [-0.15, -0.1) is 0 Å². The van der Waals surface area contributed by atoms with Gasteiger partial charge in [0.25, 0.3) is 0 Å². The van der Waals surface area contributed by atoms with Crippen LogP contribution in [-0.4, -0.2) is 20.4 Å². The van der Waals surface area contributed by atoms with Crippen LogP contribution in [0, 0.1) is 5.82 Å². The molecular formula is C17H17FN4. The Kier molecular flexibility index (Phi) is 3.25. The van der Waals surface area contributed by atoms with E-state index in [0.29, 0.717) is 6.04 Å². The molecule has 3 aromatic rings. The van der Waals surface area contributed by atoms with E-state index in [1.807, 2.05) is 16.7 Å². The molecule has 0 bridgehead atoms. The molecule has 1 N–H and O–H groups in total. The molecule has 1 aliphatic carbocycles. The maximum absolute atomic E-state index is 13.6. The van der Waals surface area contributed by atoms with Crippen LogP contribution in [0.3, 0.4) is 0 Å². The summed E-state index contributed by atoms with van der Waals surface area (Å²) < 4.78 is 15.6. The summed E-state index contributed by atoms with van der Waals surface area (Å²) in [4.78, 5) is 8.76. The van der Waals surface area contributed by atoms with E-state index in [1.54, 1.807) is 18.5 Å². The zero-order chi connectivity index (χ0) is 14.9. The van der Waals surface area contributed by atoms with Crippen LogP contribution < -0.4 is 5.32 Å². The Morgan fingerprint density at radius 1 is 1.23 bits per heavy atom. The molecule has 0 unspecified atom stereocenters. The van der Waals surface area contributed by atoms with E-state index in [1.165, 1.54) is 37.8 Å². The van der Waals surface area contributed by atoms with Crippen LogP contribution in [0.4, 0.5) is 10.2 Å². The number of hydrogen-bond donors (Lipinski definition) is 1. The average Bonchev–Trinajstić information content (AvgIpc) is 3.16. The van der Waals surface area contributed by atoms with E-state index < -0.39 is 0 Å². The van der Waals surface area contributed by atoms with Crippen LogP contribution in [0.5, 0.6) is 0 Å². The second-order valence-electron chi connectivity index (χ2n) is 5.75. The van der Waals surface area contributed by atoms with Crippen molar-refractivity contribution in [1.82, 2.24) is 14.4 Å². The Hall–Kier alpha value is -2.43. The average molecular weight is 296 g/mol. The van der Waals surface area contributed by atoms with E-state index in [9.17, 15) is 4.39 Å². The molecule has 0 aliphatic heterocycles. The molecule has 4 nitrogen and oxygen atoms in total. The third-order valence-electron chi connectivity index (χ3n) is 4.22. The van der Waals surface area contributed by atoms with Gasteiger partial charge in [-0.2, -0.15) is 0 Å². The first-order chi connectivity index (χ1) is 10.8. The quantitative estimate of drug-likeness (QED) is 0.797. The molecule has 22 heavy (non-hydrogen) atoms. The van der Waals surface area contributed by atoms with Gasteiger partial charge in [-0.1, -0.05) is 25.0 Å². The van der Waals surface area contributed by atoms with Crippen LogP contribution in [0.25, 0.3) is 16.9 Å². The lowest BCUT2D eigenvalue weighted by Gasteiger charge is -2.14. The molecule has 2 aromatic heterocycles. The van der Waals surface area contributed by atoms with Gasteiger partial charge in [0.1, 0.15) is 17.3 Å². The lowest BCUT2D eigenvalue weighted by Crippen LogP contribution is -2.16. The highest BCUT2D eigenvalue weighted by Gasteiger charge is 2.20. The molecule has 0 atom stereocenters. The minimum absolute atomic E-state index is 0.250. The number of benzene rings is 1. The Balaban J connectivity index is 1.85. The molecule has 5 heteroatoms. The highest BCUT2D eigenvalue weighted by Crippen LogP contribution is 2.31. The van der Waals surface area contributed by atoms with Gasteiger partial charge >= 0.3 is 0 Å². The maximum Gasteiger partial charge on any atom is 0.157 e. The second-order valence-corrected chi connectivity index (χ2v) is 5.75. The summed E-state index contributed by atoms with van der Waals surface area (Å²) in [6.07, 6.45) is 10.2. The van der Waals surface area contributed by atoms with E-state index in [0.717, 1.165) is 22.7 Å². The molecule has 0 amide bonds. The Morgan fingerprint density at radius 2 is 2.09 bits per heavy atom. The van der Waals surface area contributed by atoms with Gasteiger partial charge < -0.3 is 5.32 Å². The number of fused-ring (bicyclic) bond motifs is 1. The lowest BCUT2D eigenvalue weighted by molar-refractivity contribution is 0.628. The van der Waals surface area contributed by atoms with E-state index in [-0.39, 0.29) is 5.82 Å². The lowest BCUT2D eigenvalue weighted by atomic mass is 10.1. The summed E-state index contributed by atoms with van der Waals surface area (Å²) in [5.41, 5.74) is 2.32. The first-order valence-electron chi connectivity index (χ1n) is 7.66. The normalized spacial score (nSPS) is 15.5. The number of halogens is 1. The summed E-state index contributed by atoms with van der Waals surface area (Å²) in [5.74, 6) is 0.675. The molecule has 0 radical (unpaired) electrons. The van der Waals surface area contributed by atoms with Gasteiger partial charge in [-0.3, -0.25) is 9.38 Å². The largest absolute Gasteiger partial charge is 0.367 e. The summed E-state index contributed by atoms with van der Waals surface area (Å²) in [5, 5.41) is 3.60. The van der Waals surface area contributed by atoms with E-state index in [2.05, 4.69) is 15.3 Å². The van der Waals surface area contributed by atoms with Gasteiger partial charge in [0.15, 0.2) is 5.65 Å². The molecule has 2 heterocycles. The van der Waals surface area contributed by atoms with Crippen molar-refractivity contribution in [2.45, 2.75) is 31.7 Å². The summed E-state index contributed by atoms with van der Waals surface area (Å²) in [6, 6.07) is 7.03. The van der Waals surface area contributed by atoms with Gasteiger partial charge in [-0.25, -0.2) is 9.37 Å². The topological polar surface area (TPSA) is 42.2 Å². The first kappa shape index (κ1) is 13.2. The van der Waals surface area contributed by atoms with Crippen LogP contribution in [0.2, 0.25) is 0 Å². The van der Waals surface area contributed by atoms with Crippen molar-refractivity contribution in [3.8, 4) is 11.3 Å². The number of anilines is 1. The van der Waals surface area contributed by atoms with Gasteiger partial charge in [0.2, 0.25) is 0 Å². The second kappa shape index (κ2) is 5.40.